The summed E-state index contributed by atoms with van der Waals surface area (Å²) in [6.07, 6.45) is -3.46. The summed E-state index contributed by atoms with van der Waals surface area (Å²) in [6.45, 7) is 6.31. The molecule has 0 spiro atoms. The second-order valence-electron chi connectivity index (χ2n) is 9.08. The number of halogens is 3. The van der Waals surface area contributed by atoms with Gasteiger partial charge in [-0.2, -0.15) is 13.2 Å². The summed E-state index contributed by atoms with van der Waals surface area (Å²) >= 11 is 0. The zero-order valence-corrected chi connectivity index (χ0v) is 19.3. The van der Waals surface area contributed by atoms with Gasteiger partial charge in [-0.3, -0.25) is 0 Å². The number of rotatable bonds is 9. The zero-order valence-electron chi connectivity index (χ0n) is 19.3. The van der Waals surface area contributed by atoms with Gasteiger partial charge in [-0.05, 0) is 43.9 Å². The molecular weight excluding hydrogens is 453 g/mol. The average Bonchev–Trinajstić information content (AvgIpc) is 3.23. The van der Waals surface area contributed by atoms with Crippen molar-refractivity contribution in [3.8, 4) is 17.0 Å². The van der Waals surface area contributed by atoms with E-state index in [1.165, 1.54) is 18.5 Å². The van der Waals surface area contributed by atoms with E-state index in [0.717, 1.165) is 12.5 Å². The summed E-state index contributed by atoms with van der Waals surface area (Å²) in [5.74, 6) is 0.216. The van der Waals surface area contributed by atoms with Crippen molar-refractivity contribution in [3.63, 3.8) is 0 Å². The van der Waals surface area contributed by atoms with E-state index in [4.69, 9.17) is 14.6 Å². The third-order valence-electron chi connectivity index (χ3n) is 5.34. The molecule has 2 aromatic rings. The van der Waals surface area contributed by atoms with Crippen LogP contribution in [0.15, 0.2) is 30.6 Å². The zero-order chi connectivity index (χ0) is 24.9. The number of hydrogen-bond acceptors (Lipinski definition) is 6. The summed E-state index contributed by atoms with van der Waals surface area (Å²) in [5.41, 5.74) is -1.45. The number of anilines is 1. The smallest absolute Gasteiger partial charge is 0.419 e. The first-order chi connectivity index (χ1) is 15.9. The Morgan fingerprint density at radius 2 is 2.06 bits per heavy atom. The van der Waals surface area contributed by atoms with Gasteiger partial charge in [-0.25, -0.2) is 14.8 Å². The van der Waals surface area contributed by atoms with Gasteiger partial charge in [0, 0.05) is 18.2 Å². The molecule has 1 saturated heterocycles. The maximum absolute atomic E-state index is 13.9. The highest BCUT2D eigenvalue weighted by molar-refractivity contribution is 5.66. The van der Waals surface area contributed by atoms with Gasteiger partial charge in [0.25, 0.3) is 0 Å². The van der Waals surface area contributed by atoms with Gasteiger partial charge in [-0.15, -0.1) is 0 Å². The molecule has 1 aromatic carbocycles. The third kappa shape index (κ3) is 6.96. The number of alkyl halides is 3. The van der Waals surface area contributed by atoms with Gasteiger partial charge in [0.1, 0.15) is 24.5 Å². The fraction of sp³-hybridized carbons (Fsp3) is 0.522. The van der Waals surface area contributed by atoms with Crippen molar-refractivity contribution < 1.29 is 32.5 Å². The number of nitrogens with zero attached hydrogens (tertiary/aromatic N) is 2. The Morgan fingerprint density at radius 1 is 1.29 bits per heavy atom. The first kappa shape index (κ1) is 25.5. The van der Waals surface area contributed by atoms with Crippen LogP contribution in [0.25, 0.3) is 11.3 Å². The largest absolute Gasteiger partial charge is 0.491 e. The Labute approximate surface area is 195 Å². The molecule has 186 valence electrons. The second-order valence-corrected chi connectivity index (χ2v) is 9.08. The van der Waals surface area contributed by atoms with Crippen LogP contribution < -0.4 is 15.4 Å². The number of amides is 1. The summed E-state index contributed by atoms with van der Waals surface area (Å²) in [5, 5.41) is 14.7. The Hall–Kier alpha value is -3.08. The van der Waals surface area contributed by atoms with Crippen molar-refractivity contribution in [1.82, 2.24) is 15.3 Å². The molecule has 2 atom stereocenters. The molecule has 3 N–H and O–H groups in total. The first-order valence-corrected chi connectivity index (χ1v) is 11.0. The van der Waals surface area contributed by atoms with Crippen molar-refractivity contribution in [1.29, 1.82) is 0 Å². The molecule has 8 nitrogen and oxygen atoms in total. The highest BCUT2D eigenvalue weighted by Crippen LogP contribution is 2.39. The van der Waals surface area contributed by atoms with Crippen molar-refractivity contribution >= 4 is 11.9 Å². The summed E-state index contributed by atoms with van der Waals surface area (Å²) in [6, 6.07) is 5.37. The average molecular weight is 483 g/mol. The van der Waals surface area contributed by atoms with Gasteiger partial charge >= 0.3 is 12.3 Å². The maximum Gasteiger partial charge on any atom is 0.419 e. The van der Waals surface area contributed by atoms with Crippen molar-refractivity contribution in [3.05, 3.63) is 36.2 Å². The lowest BCUT2D eigenvalue weighted by Crippen LogP contribution is -2.50. The monoisotopic (exact) mass is 482 g/mol. The minimum absolute atomic E-state index is 0.0869. The lowest BCUT2D eigenvalue weighted by molar-refractivity contribution is -0.139. The van der Waals surface area contributed by atoms with E-state index in [9.17, 15) is 18.0 Å². The molecule has 0 radical (unpaired) electrons. The van der Waals surface area contributed by atoms with Crippen LogP contribution in [0.3, 0.4) is 0 Å². The molecule has 0 bridgehead atoms. The number of hydrogen-bond donors (Lipinski definition) is 3. The van der Waals surface area contributed by atoms with E-state index in [2.05, 4.69) is 20.6 Å². The van der Waals surface area contributed by atoms with Crippen LogP contribution in [-0.4, -0.2) is 52.6 Å². The van der Waals surface area contributed by atoms with E-state index in [-0.39, 0.29) is 29.9 Å². The van der Waals surface area contributed by atoms with Crippen LogP contribution in [0.4, 0.5) is 23.8 Å². The van der Waals surface area contributed by atoms with Crippen molar-refractivity contribution in [2.45, 2.75) is 51.4 Å². The number of nitrogens with one attached hydrogen (secondary N) is 2. The second kappa shape index (κ2) is 10.5. The van der Waals surface area contributed by atoms with Crippen LogP contribution >= 0.6 is 0 Å². The van der Waals surface area contributed by atoms with E-state index < -0.39 is 23.4 Å². The number of carbonyl (C=O) groups is 1. The number of aromatic nitrogens is 2. The van der Waals surface area contributed by atoms with Gasteiger partial charge in [0.2, 0.25) is 0 Å². The summed E-state index contributed by atoms with van der Waals surface area (Å²) in [4.78, 5) is 19.5. The van der Waals surface area contributed by atoms with E-state index in [1.54, 1.807) is 13.0 Å². The van der Waals surface area contributed by atoms with Crippen LogP contribution in [-0.2, 0) is 10.9 Å². The Morgan fingerprint density at radius 3 is 2.68 bits per heavy atom. The van der Waals surface area contributed by atoms with Crippen LogP contribution in [0, 0.1) is 5.92 Å². The first-order valence-electron chi connectivity index (χ1n) is 11.0. The lowest BCUT2D eigenvalue weighted by atomic mass is 9.91. The van der Waals surface area contributed by atoms with Gasteiger partial charge < -0.3 is 25.2 Å². The molecule has 34 heavy (non-hydrogen) atoms. The SMILES string of the molecule is CC(C)C[C@@](C)(COc1ccc(-c2cc(NC3CCOC3)ncn2)cc1C(F)(F)F)NC(=O)O. The van der Waals surface area contributed by atoms with Crippen molar-refractivity contribution in [2.24, 2.45) is 5.92 Å². The quantitative estimate of drug-likeness (QED) is 0.471. The van der Waals surface area contributed by atoms with Crippen LogP contribution in [0.2, 0.25) is 0 Å². The van der Waals surface area contributed by atoms with E-state index >= 15 is 0 Å². The van der Waals surface area contributed by atoms with E-state index in [0.29, 0.717) is 31.1 Å². The third-order valence-corrected chi connectivity index (χ3v) is 5.34. The summed E-state index contributed by atoms with van der Waals surface area (Å²) in [7, 11) is 0. The molecule has 1 aromatic heterocycles. The number of benzene rings is 1. The normalized spacial score (nSPS) is 17.9. The predicted octanol–water partition coefficient (Wildman–Crippen LogP) is 4.81. The highest BCUT2D eigenvalue weighted by atomic mass is 19.4. The Kier molecular flexibility index (Phi) is 7.86. The Balaban J connectivity index is 1.85. The molecule has 2 heterocycles. The summed E-state index contributed by atoms with van der Waals surface area (Å²) < 4.78 is 52.5. The number of ether oxygens (including phenoxy) is 2. The molecule has 3 rings (SSSR count). The van der Waals surface area contributed by atoms with Crippen LogP contribution in [0.5, 0.6) is 5.75 Å². The molecule has 1 fully saturated rings. The fourth-order valence-corrected chi connectivity index (χ4v) is 4.03. The van der Waals surface area contributed by atoms with Gasteiger partial charge in [-0.1, -0.05) is 13.8 Å². The fourth-order valence-electron chi connectivity index (χ4n) is 4.03. The molecule has 0 aliphatic carbocycles. The Bertz CT molecular complexity index is 996. The maximum atomic E-state index is 13.9. The predicted molar refractivity (Wildman–Crippen MR) is 120 cm³/mol. The van der Waals surface area contributed by atoms with Gasteiger partial charge in [0.05, 0.1) is 29.4 Å². The minimum atomic E-state index is -4.69. The molecule has 1 aliphatic heterocycles. The number of carboxylic acid groups (broad SMARTS) is 1. The van der Waals surface area contributed by atoms with E-state index in [1.807, 2.05) is 13.8 Å². The van der Waals surface area contributed by atoms with Crippen LogP contribution in [0.1, 0.15) is 39.2 Å². The molecule has 11 heteroatoms. The minimum Gasteiger partial charge on any atom is -0.491 e. The molecule has 1 unspecified atom stereocenters. The molecule has 1 aliphatic rings. The molecular formula is C23H29F3N4O4. The van der Waals surface area contributed by atoms with Crippen molar-refractivity contribution in [2.75, 3.05) is 25.1 Å². The topological polar surface area (TPSA) is 106 Å². The molecule has 0 saturated carbocycles. The standard InChI is InChI=1S/C23H29F3N4O4/c1-14(2)10-22(3,30-21(31)32)12-34-19-5-4-15(8-17(19)23(24,25)26)18-9-20(28-13-27-18)29-16-6-7-33-11-16/h4-5,8-9,13-14,16,30H,6-7,10-12H2,1-3H3,(H,31,32)(H,27,28,29)/t16?,22-/m0/s1. The van der Waals surface area contributed by atoms with Gasteiger partial charge in [0.15, 0.2) is 0 Å². The lowest BCUT2D eigenvalue weighted by Gasteiger charge is -2.31. The molecule has 1 amide bonds. The highest BCUT2D eigenvalue weighted by Gasteiger charge is 2.36.